The van der Waals surface area contributed by atoms with Gasteiger partial charge >= 0.3 is 0 Å². The van der Waals surface area contributed by atoms with Gasteiger partial charge in [-0.2, -0.15) is 0 Å². The SMILES string of the molecule is CC(=O)C=C(C)O.CC(=O)C=C(C)O.CC(=O)C=C(C)O.Cc1cc[c-]c(-c2cc3c(cn2)-c2ccccc2C3=O)c1.Cc1cc[c-]c(-c2cc3c(cn2)C(=O)c2ccccc2-3)c1.Cc1cc[c-]c(-c2nccc3c2C(=O)c2ccccc2-3)c1.[Ir].[Ir].[Ir]. The number of benzene rings is 6. The molecule has 0 atom stereocenters. The van der Waals surface area contributed by atoms with E-state index in [9.17, 15) is 28.8 Å². The van der Waals surface area contributed by atoms with Gasteiger partial charge in [0.1, 0.15) is 0 Å². The van der Waals surface area contributed by atoms with Crippen molar-refractivity contribution >= 4 is 34.7 Å². The molecule has 447 valence electrons. The van der Waals surface area contributed by atoms with Gasteiger partial charge < -0.3 is 30.3 Å². The normalized spacial score (nSPS) is 11.6. The molecule has 3 radical (unpaired) electrons. The first-order valence-electron chi connectivity index (χ1n) is 26.6. The molecule has 3 heterocycles. The number of aromatic nitrogens is 3. The van der Waals surface area contributed by atoms with Gasteiger partial charge in [0.15, 0.2) is 34.7 Å². The van der Waals surface area contributed by atoms with E-state index in [0.29, 0.717) is 11.1 Å². The number of carbonyl (C=O) groups excluding carboxylic acids is 6. The van der Waals surface area contributed by atoms with Crippen molar-refractivity contribution in [3.8, 4) is 67.2 Å². The number of aryl methyl sites for hydroxylation is 3. The summed E-state index contributed by atoms with van der Waals surface area (Å²) in [6.45, 7) is 14.6. The van der Waals surface area contributed by atoms with Gasteiger partial charge in [0.25, 0.3) is 0 Å². The van der Waals surface area contributed by atoms with Gasteiger partial charge in [0.05, 0.1) is 17.3 Å². The smallest absolute Gasteiger partial charge is 0.195 e. The molecule has 3 N–H and O–H groups in total. The minimum atomic E-state index is -0.125. The maximum atomic E-state index is 12.7. The number of nitrogens with zero attached hydrogens (tertiary/aromatic N) is 3. The molecular weight excluding hydrogens is 1630 g/mol. The molecule has 9 aromatic rings. The average Bonchev–Trinajstić information content (AvgIpc) is 2.39. The molecule has 0 aliphatic heterocycles. The van der Waals surface area contributed by atoms with Crippen molar-refractivity contribution in [1.82, 2.24) is 15.0 Å². The van der Waals surface area contributed by atoms with Crippen LogP contribution in [0.5, 0.6) is 0 Å². The Labute approximate surface area is 547 Å². The molecule has 0 bridgehead atoms. The van der Waals surface area contributed by atoms with Gasteiger partial charge in [-0.05, 0) is 92.5 Å². The van der Waals surface area contributed by atoms with E-state index in [2.05, 4.69) is 39.2 Å². The van der Waals surface area contributed by atoms with E-state index in [1.807, 2.05) is 160 Å². The largest absolute Gasteiger partial charge is 0.512 e. The van der Waals surface area contributed by atoms with Crippen molar-refractivity contribution in [2.24, 2.45) is 0 Å². The molecule has 12 nitrogen and oxygen atoms in total. The maximum Gasteiger partial charge on any atom is 0.195 e. The van der Waals surface area contributed by atoms with Crippen molar-refractivity contribution in [3.05, 3.63) is 268 Å². The fourth-order valence-electron chi connectivity index (χ4n) is 9.36. The first-order valence-corrected chi connectivity index (χ1v) is 26.6. The van der Waals surface area contributed by atoms with Crippen LogP contribution < -0.4 is 0 Å². The Bertz CT molecular complexity index is 4060. The summed E-state index contributed by atoms with van der Waals surface area (Å²) in [7, 11) is 0. The monoisotopic (exact) mass is 1690 g/mol. The molecule has 15 heteroatoms. The van der Waals surface area contributed by atoms with E-state index < -0.39 is 0 Å². The number of allylic oxidation sites excluding steroid dienone is 6. The summed E-state index contributed by atoms with van der Waals surface area (Å²) in [5.41, 5.74) is 18.8. The zero-order valence-corrected chi connectivity index (χ0v) is 56.1. The van der Waals surface area contributed by atoms with Crippen LogP contribution in [-0.4, -0.2) is 65.0 Å². The number of carbonyl (C=O) groups is 6. The van der Waals surface area contributed by atoms with Crippen molar-refractivity contribution in [3.63, 3.8) is 0 Å². The molecule has 3 aliphatic carbocycles. The number of pyridine rings is 3. The van der Waals surface area contributed by atoms with Crippen molar-refractivity contribution in [2.45, 2.75) is 62.3 Å². The Kier molecular flexibility index (Phi) is 26.7. The van der Waals surface area contributed by atoms with E-state index in [1.54, 1.807) is 18.6 Å². The maximum absolute atomic E-state index is 12.7. The number of hydrogen-bond donors (Lipinski definition) is 3. The summed E-state index contributed by atoms with van der Waals surface area (Å²) in [6, 6.07) is 56.2. The number of ketones is 6. The number of rotatable bonds is 6. The summed E-state index contributed by atoms with van der Waals surface area (Å²) in [6.07, 6.45) is 8.74. The standard InChI is InChI=1S/3C19H12NO.3C5H8O2.3Ir/c1-12-5-4-6-13(9-12)18-10-16-17(11-20-18)14-7-2-3-8-15(14)19(16)21;1-12-5-4-6-13(9-12)18-10-16-14-7-2-3-8-15(14)19(21)17(16)11-20-18;1-12-5-4-6-13(11-12)18-17-15(9-10-20-18)14-7-2-3-8-16(14)19(17)21;3*1-4(6)3-5(2)7;;;/h3*2-5,7-11H,1H3;3*3,6H,1-2H3;;;/q3*-1;;;;;;. The van der Waals surface area contributed by atoms with Gasteiger partial charge in [-0.15, -0.1) is 106 Å². The molecule has 12 rings (SSSR count). The fraction of sp³-hybridized carbons (Fsp3) is 0.125. The van der Waals surface area contributed by atoms with E-state index >= 15 is 0 Å². The molecular formula is C72H60Ir3N3O9-3. The Morgan fingerprint density at radius 1 is 0.379 bits per heavy atom. The van der Waals surface area contributed by atoms with Crippen molar-refractivity contribution in [1.29, 1.82) is 0 Å². The van der Waals surface area contributed by atoms with Crippen LogP contribution in [0.15, 0.2) is 200 Å². The number of hydrogen-bond acceptors (Lipinski definition) is 12. The molecule has 87 heavy (non-hydrogen) atoms. The minimum Gasteiger partial charge on any atom is -0.512 e. The first kappa shape index (κ1) is 70.8. The molecule has 0 spiro atoms. The third-order valence-electron chi connectivity index (χ3n) is 12.8. The van der Waals surface area contributed by atoms with Gasteiger partial charge in [0, 0.05) is 136 Å². The predicted octanol–water partition coefficient (Wildman–Crippen LogP) is 15.3. The number of fused-ring (bicyclic) bond motifs is 9. The third kappa shape index (κ3) is 18.4. The number of aliphatic hydroxyl groups excluding tert-OH is 3. The van der Waals surface area contributed by atoms with E-state index in [4.69, 9.17) is 15.3 Å². The van der Waals surface area contributed by atoms with Gasteiger partial charge in [0.2, 0.25) is 0 Å². The van der Waals surface area contributed by atoms with E-state index in [1.165, 1.54) is 65.3 Å². The summed E-state index contributed by atoms with van der Waals surface area (Å²) in [5.74, 6) is 0.0101. The van der Waals surface area contributed by atoms with Gasteiger partial charge in [-0.1, -0.05) is 106 Å². The zero-order valence-electron chi connectivity index (χ0n) is 49.0. The predicted molar refractivity (Wildman–Crippen MR) is 328 cm³/mol. The van der Waals surface area contributed by atoms with Gasteiger partial charge in [-0.25, -0.2) is 0 Å². The van der Waals surface area contributed by atoms with Crippen LogP contribution in [0.25, 0.3) is 67.2 Å². The minimum absolute atomic E-state index is 0. The molecule has 0 fully saturated rings. The topological polar surface area (TPSA) is 202 Å². The molecule has 3 aromatic heterocycles. The number of aliphatic hydroxyl groups is 3. The van der Waals surface area contributed by atoms with Gasteiger partial charge in [-0.3, -0.25) is 28.8 Å². The third-order valence-corrected chi connectivity index (χ3v) is 12.8. The summed E-state index contributed by atoms with van der Waals surface area (Å²) < 4.78 is 0. The molecule has 0 unspecified atom stereocenters. The second-order valence-electron chi connectivity index (χ2n) is 20.0. The molecule has 0 saturated heterocycles. The fourth-order valence-corrected chi connectivity index (χ4v) is 9.36. The second kappa shape index (κ2) is 32.7. The Hall–Kier alpha value is -8.64. The van der Waals surface area contributed by atoms with Crippen molar-refractivity contribution < 1.29 is 104 Å². The van der Waals surface area contributed by atoms with Crippen molar-refractivity contribution in [2.75, 3.05) is 0 Å². The van der Waals surface area contributed by atoms with Crippen LogP contribution in [-0.2, 0) is 74.7 Å². The van der Waals surface area contributed by atoms with Crippen LogP contribution >= 0.6 is 0 Å². The second-order valence-corrected chi connectivity index (χ2v) is 20.0. The Morgan fingerprint density at radius 2 is 0.724 bits per heavy atom. The summed E-state index contributed by atoms with van der Waals surface area (Å²) in [4.78, 5) is 81.0. The zero-order chi connectivity index (χ0) is 60.8. The molecule has 6 aromatic carbocycles. The quantitative estimate of drug-likeness (QED) is 0.0809. The molecule has 0 amide bonds. The Balaban J connectivity index is 0.000000237. The van der Waals surface area contributed by atoms with Crippen LogP contribution in [0.2, 0.25) is 0 Å². The molecule has 3 aliphatic rings. The summed E-state index contributed by atoms with van der Waals surface area (Å²) in [5, 5.41) is 25.1. The van der Waals surface area contributed by atoms with Crippen LogP contribution in [0, 0.1) is 39.0 Å². The van der Waals surface area contributed by atoms with Crippen LogP contribution in [0.1, 0.15) is 106 Å². The van der Waals surface area contributed by atoms with E-state index in [-0.39, 0.29) is 112 Å². The van der Waals surface area contributed by atoms with Crippen LogP contribution in [0.4, 0.5) is 0 Å². The summed E-state index contributed by atoms with van der Waals surface area (Å²) >= 11 is 0. The van der Waals surface area contributed by atoms with E-state index in [0.717, 1.165) is 101 Å². The Morgan fingerprint density at radius 3 is 1.13 bits per heavy atom. The molecule has 0 saturated carbocycles. The average molecular weight is 1690 g/mol. The van der Waals surface area contributed by atoms with Crippen LogP contribution in [0.3, 0.4) is 0 Å². The first-order chi connectivity index (χ1) is 40.1.